The first-order valence-corrected chi connectivity index (χ1v) is 14.1. The molecule has 3 aromatic carbocycles. The molecule has 0 unspecified atom stereocenters. The van der Waals surface area contributed by atoms with Gasteiger partial charge >= 0.3 is 0 Å². The van der Waals surface area contributed by atoms with E-state index in [1.807, 2.05) is 59.5 Å². The van der Waals surface area contributed by atoms with E-state index in [-0.39, 0.29) is 16.9 Å². The minimum Gasteiger partial charge on any atom is -0.494 e. The lowest BCUT2D eigenvalue weighted by Crippen LogP contribution is -2.48. The summed E-state index contributed by atoms with van der Waals surface area (Å²) in [5.41, 5.74) is 3.00. The Labute approximate surface area is 245 Å². The molecule has 4 rings (SSSR count). The Morgan fingerprint density at radius 1 is 1.00 bits per heavy atom. The largest absolute Gasteiger partial charge is 0.494 e. The van der Waals surface area contributed by atoms with Crippen LogP contribution in [-0.4, -0.2) is 54.6 Å². The number of nitrogens with one attached hydrogen (secondary N) is 2. The average molecular weight is 577 g/mol. The molecule has 3 aromatic rings. The summed E-state index contributed by atoms with van der Waals surface area (Å²) in [6.07, 6.45) is 5.45. The molecule has 0 radical (unpaired) electrons. The predicted octanol–water partition coefficient (Wildman–Crippen LogP) is 6.01. The van der Waals surface area contributed by atoms with Gasteiger partial charge in [0.1, 0.15) is 5.75 Å². The van der Waals surface area contributed by atoms with Crippen molar-refractivity contribution in [1.29, 1.82) is 0 Å². The van der Waals surface area contributed by atoms with Gasteiger partial charge in [-0.2, -0.15) is 0 Å². The standard InChI is InChI=1S/C31H33ClN4O3S/c1-2-3-20-39-26-11-7-10-24(21-26)30(38)34-31(40)33-25-13-14-28(27(32)22-25)35-16-18-36(19-17-35)29(37)15-12-23-8-5-4-6-9-23/h4-15,21-22H,2-3,16-20H2,1H3,(H2,33,34,38,40)/b15-12+. The Balaban J connectivity index is 1.27. The number of benzene rings is 3. The first-order valence-electron chi connectivity index (χ1n) is 13.3. The highest BCUT2D eigenvalue weighted by atomic mass is 35.5. The number of piperazine rings is 1. The molecule has 2 amide bonds. The van der Waals surface area contributed by atoms with Gasteiger partial charge in [-0.15, -0.1) is 0 Å². The summed E-state index contributed by atoms with van der Waals surface area (Å²) >= 11 is 12.0. The fourth-order valence-corrected chi connectivity index (χ4v) is 4.76. The zero-order valence-corrected chi connectivity index (χ0v) is 24.0. The molecule has 1 fully saturated rings. The number of ether oxygens (including phenoxy) is 1. The zero-order valence-electron chi connectivity index (χ0n) is 22.4. The van der Waals surface area contributed by atoms with E-state index in [1.165, 1.54) is 0 Å². The van der Waals surface area contributed by atoms with Gasteiger partial charge in [0.25, 0.3) is 5.91 Å². The molecule has 0 saturated carbocycles. The molecule has 0 aliphatic carbocycles. The third-order valence-electron chi connectivity index (χ3n) is 6.45. The van der Waals surface area contributed by atoms with Gasteiger partial charge in [-0.1, -0.05) is 61.3 Å². The molecule has 0 spiro atoms. The molecule has 1 aliphatic heterocycles. The lowest BCUT2D eigenvalue weighted by molar-refractivity contribution is -0.126. The van der Waals surface area contributed by atoms with Crippen molar-refractivity contribution in [2.45, 2.75) is 19.8 Å². The molecule has 1 heterocycles. The second kappa shape index (κ2) is 14.5. The summed E-state index contributed by atoms with van der Waals surface area (Å²) in [5.74, 6) is 0.323. The summed E-state index contributed by atoms with van der Waals surface area (Å²) in [6, 6.07) is 22.3. The Bertz CT molecular complexity index is 1360. The number of amides is 2. The first kappa shape index (κ1) is 29.1. The van der Waals surface area contributed by atoms with Crippen molar-refractivity contribution in [2.75, 3.05) is 43.0 Å². The van der Waals surface area contributed by atoms with Gasteiger partial charge in [-0.05, 0) is 66.7 Å². The van der Waals surface area contributed by atoms with Crippen LogP contribution in [0.3, 0.4) is 0 Å². The number of hydrogen-bond donors (Lipinski definition) is 2. The van der Waals surface area contributed by atoms with Gasteiger partial charge in [0.2, 0.25) is 5.91 Å². The van der Waals surface area contributed by atoms with Crippen molar-refractivity contribution in [1.82, 2.24) is 10.2 Å². The highest BCUT2D eigenvalue weighted by Gasteiger charge is 2.21. The maximum atomic E-state index is 12.7. The van der Waals surface area contributed by atoms with Crippen LogP contribution in [0.25, 0.3) is 6.08 Å². The molecule has 2 N–H and O–H groups in total. The van der Waals surface area contributed by atoms with Gasteiger partial charge in [0, 0.05) is 43.5 Å². The van der Waals surface area contributed by atoms with Crippen LogP contribution in [0.5, 0.6) is 5.75 Å². The van der Waals surface area contributed by atoms with Crippen LogP contribution in [0.1, 0.15) is 35.7 Å². The van der Waals surface area contributed by atoms with Crippen LogP contribution in [0, 0.1) is 0 Å². The van der Waals surface area contributed by atoms with E-state index in [2.05, 4.69) is 22.5 Å². The molecule has 9 heteroatoms. The quantitative estimate of drug-likeness (QED) is 0.185. The summed E-state index contributed by atoms with van der Waals surface area (Å²) in [7, 11) is 0. The third kappa shape index (κ3) is 8.31. The highest BCUT2D eigenvalue weighted by Crippen LogP contribution is 2.30. The zero-order chi connectivity index (χ0) is 28.3. The number of carbonyl (C=O) groups excluding carboxylic acids is 2. The van der Waals surface area contributed by atoms with E-state index in [0.717, 1.165) is 24.1 Å². The Hall–Kier alpha value is -3.88. The van der Waals surface area contributed by atoms with E-state index < -0.39 is 0 Å². The number of anilines is 2. The summed E-state index contributed by atoms with van der Waals surface area (Å²) in [6.45, 7) is 5.27. The van der Waals surface area contributed by atoms with Crippen molar-refractivity contribution in [2.24, 2.45) is 0 Å². The first-order chi connectivity index (χ1) is 19.4. The van der Waals surface area contributed by atoms with Gasteiger partial charge in [0.15, 0.2) is 5.11 Å². The third-order valence-corrected chi connectivity index (χ3v) is 6.95. The molecule has 40 heavy (non-hydrogen) atoms. The normalized spacial score (nSPS) is 13.2. The Kier molecular flexibility index (Phi) is 10.5. The van der Waals surface area contributed by atoms with Crippen LogP contribution >= 0.6 is 23.8 Å². The number of hydrogen-bond acceptors (Lipinski definition) is 5. The number of halogens is 1. The smallest absolute Gasteiger partial charge is 0.257 e. The maximum Gasteiger partial charge on any atom is 0.257 e. The van der Waals surface area contributed by atoms with E-state index in [1.54, 1.807) is 30.3 Å². The maximum absolute atomic E-state index is 12.7. The molecule has 208 valence electrons. The summed E-state index contributed by atoms with van der Waals surface area (Å²) in [5, 5.41) is 6.45. The molecule has 7 nitrogen and oxygen atoms in total. The summed E-state index contributed by atoms with van der Waals surface area (Å²) < 4.78 is 5.69. The van der Waals surface area contributed by atoms with E-state index in [4.69, 9.17) is 28.6 Å². The van der Waals surface area contributed by atoms with Crippen LogP contribution in [-0.2, 0) is 4.79 Å². The fraction of sp³-hybridized carbons (Fsp3) is 0.258. The molecule has 0 aromatic heterocycles. The molecule has 0 atom stereocenters. The summed E-state index contributed by atoms with van der Waals surface area (Å²) in [4.78, 5) is 29.3. The van der Waals surface area contributed by atoms with Crippen molar-refractivity contribution >= 4 is 58.2 Å². The van der Waals surface area contributed by atoms with Gasteiger partial charge in [0.05, 0.1) is 17.3 Å². The lowest BCUT2D eigenvalue weighted by atomic mass is 10.2. The SMILES string of the molecule is CCCCOc1cccc(C(=O)NC(=S)Nc2ccc(N3CCN(C(=O)/C=C/c4ccccc4)CC3)c(Cl)c2)c1. The number of rotatable bonds is 9. The number of thiocarbonyl (C=S) groups is 1. The number of nitrogens with zero attached hydrogens (tertiary/aromatic N) is 2. The van der Waals surface area contributed by atoms with Crippen molar-refractivity contribution in [3.05, 3.63) is 95.0 Å². The molecule has 0 bridgehead atoms. The Morgan fingerprint density at radius 2 is 1.77 bits per heavy atom. The number of carbonyl (C=O) groups is 2. The van der Waals surface area contributed by atoms with Gasteiger partial charge < -0.3 is 19.9 Å². The van der Waals surface area contributed by atoms with Crippen LogP contribution in [0.15, 0.2) is 78.9 Å². The van der Waals surface area contributed by atoms with Crippen molar-refractivity contribution in [3.8, 4) is 5.75 Å². The van der Waals surface area contributed by atoms with E-state index in [0.29, 0.717) is 54.8 Å². The minimum absolute atomic E-state index is 0.000420. The van der Waals surface area contributed by atoms with E-state index in [9.17, 15) is 9.59 Å². The second-order valence-corrected chi connectivity index (χ2v) is 10.2. The van der Waals surface area contributed by atoms with Crippen LogP contribution in [0.2, 0.25) is 5.02 Å². The Morgan fingerprint density at radius 3 is 2.50 bits per heavy atom. The van der Waals surface area contributed by atoms with Crippen LogP contribution in [0.4, 0.5) is 11.4 Å². The molecular formula is C31H33ClN4O3S. The molecular weight excluding hydrogens is 544 g/mol. The minimum atomic E-state index is -0.327. The van der Waals surface area contributed by atoms with Gasteiger partial charge in [-0.3, -0.25) is 14.9 Å². The molecule has 1 saturated heterocycles. The monoisotopic (exact) mass is 576 g/mol. The lowest BCUT2D eigenvalue weighted by Gasteiger charge is -2.36. The van der Waals surface area contributed by atoms with Crippen molar-refractivity contribution < 1.29 is 14.3 Å². The number of unbranched alkanes of at least 4 members (excludes halogenated alkanes) is 1. The van der Waals surface area contributed by atoms with E-state index >= 15 is 0 Å². The van der Waals surface area contributed by atoms with Crippen LogP contribution < -0.4 is 20.3 Å². The van der Waals surface area contributed by atoms with Gasteiger partial charge in [-0.25, -0.2) is 0 Å². The topological polar surface area (TPSA) is 73.9 Å². The van der Waals surface area contributed by atoms with Crippen molar-refractivity contribution in [3.63, 3.8) is 0 Å². The second-order valence-electron chi connectivity index (χ2n) is 9.36. The fourth-order valence-electron chi connectivity index (χ4n) is 4.25. The predicted molar refractivity (Wildman–Crippen MR) is 166 cm³/mol. The highest BCUT2D eigenvalue weighted by molar-refractivity contribution is 7.80. The average Bonchev–Trinajstić information content (AvgIpc) is 2.97. The molecule has 1 aliphatic rings.